The molecule has 1 aliphatic heterocycles. The molecule has 1 aromatic heterocycles. The van der Waals surface area contributed by atoms with Gasteiger partial charge in [0.15, 0.2) is 0 Å². The molecular weight excluding hydrogens is 338 g/mol. The third-order valence-corrected chi connectivity index (χ3v) is 4.95. The number of rotatable bonds is 7. The Morgan fingerprint density at radius 2 is 1.85 bits per heavy atom. The molecule has 0 radical (unpaired) electrons. The van der Waals surface area contributed by atoms with Gasteiger partial charge in [-0.3, -0.25) is 4.79 Å². The lowest BCUT2D eigenvalue weighted by Crippen LogP contribution is -2.46. The quantitative estimate of drug-likeness (QED) is 0.752. The van der Waals surface area contributed by atoms with E-state index in [1.807, 2.05) is 43.3 Å². The van der Waals surface area contributed by atoms with Gasteiger partial charge in [0, 0.05) is 45.1 Å². The van der Waals surface area contributed by atoms with Crippen molar-refractivity contribution in [3.63, 3.8) is 0 Å². The number of carbonyl (C=O) groups excluding carboxylic acids is 1. The number of likely N-dealkylation sites (N-methyl/N-ethyl adjacent to an activating group) is 1. The van der Waals surface area contributed by atoms with Gasteiger partial charge in [0.25, 0.3) is 0 Å². The van der Waals surface area contributed by atoms with Crippen LogP contribution in [0.5, 0.6) is 0 Å². The molecule has 6 nitrogen and oxygen atoms in total. The molecule has 3 rings (SSSR count). The van der Waals surface area contributed by atoms with Gasteiger partial charge in [-0.25, -0.2) is 9.97 Å². The molecule has 2 heterocycles. The third kappa shape index (κ3) is 5.50. The van der Waals surface area contributed by atoms with Crippen molar-refractivity contribution >= 4 is 11.9 Å². The lowest BCUT2D eigenvalue weighted by molar-refractivity contribution is -0.136. The number of benzene rings is 1. The molecule has 0 spiro atoms. The summed E-state index contributed by atoms with van der Waals surface area (Å²) in [6, 6.07) is 12.0. The number of carbonyl (C=O) groups is 1. The molecule has 1 aliphatic rings. The Kier molecular flexibility index (Phi) is 6.76. The van der Waals surface area contributed by atoms with Crippen LogP contribution in [0.2, 0.25) is 0 Å². The van der Waals surface area contributed by atoms with Crippen molar-refractivity contribution in [2.45, 2.75) is 19.4 Å². The van der Waals surface area contributed by atoms with E-state index in [0.717, 1.165) is 38.4 Å². The average molecular weight is 367 g/mol. The van der Waals surface area contributed by atoms with Gasteiger partial charge in [-0.1, -0.05) is 30.3 Å². The summed E-state index contributed by atoms with van der Waals surface area (Å²) in [7, 11) is 4.08. The molecule has 2 aromatic rings. The number of hydrogen-bond donors (Lipinski definition) is 0. The van der Waals surface area contributed by atoms with E-state index in [-0.39, 0.29) is 11.8 Å². The molecule has 1 unspecified atom stereocenters. The Morgan fingerprint density at radius 3 is 2.56 bits per heavy atom. The standard InChI is InChI=1S/C21H29N5O/c1-24(2)14-15-25(16-18-8-4-3-5-9-18)20(27)19-10-6-13-26(17-19)21-22-11-7-12-23-21/h3-5,7-9,11-12,19H,6,10,13-17H2,1-2H3. The third-order valence-electron chi connectivity index (χ3n) is 4.95. The summed E-state index contributed by atoms with van der Waals surface area (Å²) in [5.74, 6) is 0.952. The number of piperidine rings is 1. The van der Waals surface area contributed by atoms with Crippen LogP contribution in [0.25, 0.3) is 0 Å². The van der Waals surface area contributed by atoms with E-state index in [0.29, 0.717) is 13.1 Å². The summed E-state index contributed by atoms with van der Waals surface area (Å²) in [5.41, 5.74) is 1.17. The predicted molar refractivity (Wildman–Crippen MR) is 107 cm³/mol. The normalized spacial score (nSPS) is 17.1. The first kappa shape index (κ1) is 19.3. The molecule has 6 heteroatoms. The maximum Gasteiger partial charge on any atom is 0.227 e. The largest absolute Gasteiger partial charge is 0.340 e. The summed E-state index contributed by atoms with van der Waals surface area (Å²) in [6.07, 6.45) is 5.43. The second-order valence-corrected chi connectivity index (χ2v) is 7.38. The van der Waals surface area contributed by atoms with E-state index in [1.165, 1.54) is 5.56 Å². The summed E-state index contributed by atoms with van der Waals surface area (Å²) >= 11 is 0. The lowest BCUT2D eigenvalue weighted by Gasteiger charge is -2.35. The van der Waals surface area contributed by atoms with E-state index in [2.05, 4.69) is 31.9 Å². The predicted octanol–water partition coefficient (Wildman–Crippen LogP) is 2.28. The zero-order valence-electron chi connectivity index (χ0n) is 16.3. The highest BCUT2D eigenvalue weighted by Crippen LogP contribution is 2.22. The highest BCUT2D eigenvalue weighted by Gasteiger charge is 2.30. The maximum absolute atomic E-state index is 13.3. The van der Waals surface area contributed by atoms with Gasteiger partial charge in [-0.05, 0) is 38.6 Å². The number of nitrogens with zero attached hydrogens (tertiary/aromatic N) is 5. The molecule has 1 saturated heterocycles. The van der Waals surface area contributed by atoms with E-state index in [1.54, 1.807) is 12.4 Å². The molecule has 0 saturated carbocycles. The number of hydrogen-bond acceptors (Lipinski definition) is 5. The van der Waals surface area contributed by atoms with Crippen molar-refractivity contribution in [2.75, 3.05) is 45.2 Å². The van der Waals surface area contributed by atoms with Gasteiger partial charge in [-0.2, -0.15) is 0 Å². The zero-order valence-corrected chi connectivity index (χ0v) is 16.3. The second-order valence-electron chi connectivity index (χ2n) is 7.38. The Balaban J connectivity index is 1.70. The number of amides is 1. The summed E-state index contributed by atoms with van der Waals surface area (Å²) in [4.78, 5) is 28.3. The fourth-order valence-electron chi connectivity index (χ4n) is 3.46. The Bertz CT molecular complexity index is 707. The molecule has 0 aliphatic carbocycles. The topological polar surface area (TPSA) is 52.6 Å². The first-order valence-corrected chi connectivity index (χ1v) is 9.63. The van der Waals surface area contributed by atoms with Crippen LogP contribution in [-0.4, -0.2) is 65.9 Å². The van der Waals surface area contributed by atoms with Gasteiger partial charge in [0.2, 0.25) is 11.9 Å². The van der Waals surface area contributed by atoms with E-state index < -0.39 is 0 Å². The Labute approximate surface area is 161 Å². The minimum Gasteiger partial charge on any atom is -0.340 e. The zero-order chi connectivity index (χ0) is 19.1. The van der Waals surface area contributed by atoms with Crippen LogP contribution < -0.4 is 4.90 Å². The first-order chi connectivity index (χ1) is 13.1. The molecule has 0 N–H and O–H groups in total. The molecule has 1 atom stereocenters. The van der Waals surface area contributed by atoms with Crippen LogP contribution in [0, 0.1) is 5.92 Å². The summed E-state index contributed by atoms with van der Waals surface area (Å²) < 4.78 is 0. The van der Waals surface area contributed by atoms with Gasteiger partial charge >= 0.3 is 0 Å². The van der Waals surface area contributed by atoms with Crippen molar-refractivity contribution < 1.29 is 4.79 Å². The van der Waals surface area contributed by atoms with Crippen LogP contribution in [-0.2, 0) is 11.3 Å². The molecule has 1 aromatic carbocycles. The van der Waals surface area contributed by atoms with Crippen molar-refractivity contribution in [3.8, 4) is 0 Å². The van der Waals surface area contributed by atoms with Gasteiger partial charge in [0.1, 0.15) is 0 Å². The summed E-state index contributed by atoms with van der Waals surface area (Å²) in [5, 5.41) is 0. The van der Waals surface area contributed by atoms with Gasteiger partial charge in [-0.15, -0.1) is 0 Å². The van der Waals surface area contributed by atoms with Gasteiger partial charge in [0.05, 0.1) is 5.92 Å². The first-order valence-electron chi connectivity index (χ1n) is 9.63. The van der Waals surface area contributed by atoms with Crippen LogP contribution in [0.15, 0.2) is 48.8 Å². The molecule has 1 fully saturated rings. The van der Waals surface area contributed by atoms with E-state index in [4.69, 9.17) is 0 Å². The van der Waals surface area contributed by atoms with Crippen LogP contribution in [0.4, 0.5) is 5.95 Å². The maximum atomic E-state index is 13.3. The fraction of sp³-hybridized carbons (Fsp3) is 0.476. The second kappa shape index (κ2) is 9.46. The Morgan fingerprint density at radius 1 is 1.11 bits per heavy atom. The smallest absolute Gasteiger partial charge is 0.227 e. The monoisotopic (exact) mass is 367 g/mol. The van der Waals surface area contributed by atoms with Crippen molar-refractivity contribution in [3.05, 3.63) is 54.4 Å². The molecule has 27 heavy (non-hydrogen) atoms. The summed E-state index contributed by atoms with van der Waals surface area (Å²) in [6.45, 7) is 3.85. The van der Waals surface area contributed by atoms with Crippen LogP contribution in [0.1, 0.15) is 18.4 Å². The van der Waals surface area contributed by atoms with Crippen molar-refractivity contribution in [1.82, 2.24) is 19.8 Å². The minimum atomic E-state index is -0.00608. The highest BCUT2D eigenvalue weighted by molar-refractivity contribution is 5.79. The Hall–Kier alpha value is -2.47. The highest BCUT2D eigenvalue weighted by atomic mass is 16.2. The van der Waals surface area contributed by atoms with Crippen molar-refractivity contribution in [2.24, 2.45) is 5.92 Å². The lowest BCUT2D eigenvalue weighted by atomic mass is 9.96. The van der Waals surface area contributed by atoms with Gasteiger partial charge < -0.3 is 14.7 Å². The van der Waals surface area contributed by atoms with E-state index in [9.17, 15) is 4.79 Å². The molecular formula is C21H29N5O. The molecule has 0 bridgehead atoms. The minimum absolute atomic E-state index is 0.00608. The van der Waals surface area contributed by atoms with Crippen LogP contribution >= 0.6 is 0 Å². The number of anilines is 1. The average Bonchev–Trinajstić information content (AvgIpc) is 2.72. The number of aromatic nitrogens is 2. The SMILES string of the molecule is CN(C)CCN(Cc1ccccc1)C(=O)C1CCCN(c2ncccn2)C1. The van der Waals surface area contributed by atoms with E-state index >= 15 is 0 Å². The molecule has 144 valence electrons. The van der Waals surface area contributed by atoms with Crippen LogP contribution in [0.3, 0.4) is 0 Å². The molecule has 1 amide bonds. The fourth-order valence-corrected chi connectivity index (χ4v) is 3.46. The van der Waals surface area contributed by atoms with Crippen molar-refractivity contribution in [1.29, 1.82) is 0 Å².